The fourth-order valence-corrected chi connectivity index (χ4v) is 1.44. The molecule has 4 nitrogen and oxygen atoms in total. The lowest BCUT2D eigenvalue weighted by molar-refractivity contribution is 0.0534. The van der Waals surface area contributed by atoms with Crippen LogP contribution in [-0.2, 0) is 4.74 Å². The molecule has 0 aromatic heterocycles. The van der Waals surface area contributed by atoms with Gasteiger partial charge in [-0.05, 0) is 38.5 Å². The van der Waals surface area contributed by atoms with Crippen LogP contribution in [0.1, 0.15) is 31.9 Å². The SMILES string of the molecule is CC(C)(C)OC(=O)NCC=Cc1cc(F)c(F)cc1C#N. The summed E-state index contributed by atoms with van der Waals surface area (Å²) in [6, 6.07) is 3.53. The Labute approximate surface area is 122 Å². The first kappa shape index (κ1) is 16.6. The van der Waals surface area contributed by atoms with E-state index >= 15 is 0 Å². The molecule has 0 aliphatic rings. The number of benzene rings is 1. The molecule has 0 saturated heterocycles. The number of carbonyl (C=O) groups excluding carboxylic acids is 1. The maximum atomic E-state index is 13.1. The van der Waals surface area contributed by atoms with Gasteiger partial charge in [-0.2, -0.15) is 5.26 Å². The molecule has 0 spiro atoms. The number of ether oxygens (including phenoxy) is 1. The van der Waals surface area contributed by atoms with Crippen molar-refractivity contribution in [2.45, 2.75) is 26.4 Å². The van der Waals surface area contributed by atoms with E-state index in [1.807, 2.05) is 0 Å². The third kappa shape index (κ3) is 5.61. The van der Waals surface area contributed by atoms with E-state index in [0.717, 1.165) is 12.1 Å². The number of nitrogens with one attached hydrogen (secondary N) is 1. The largest absolute Gasteiger partial charge is 0.444 e. The van der Waals surface area contributed by atoms with Gasteiger partial charge in [0.1, 0.15) is 5.60 Å². The summed E-state index contributed by atoms with van der Waals surface area (Å²) < 4.78 is 31.1. The van der Waals surface area contributed by atoms with Crippen molar-refractivity contribution >= 4 is 12.2 Å². The molecule has 0 atom stereocenters. The Morgan fingerprint density at radius 3 is 2.57 bits per heavy atom. The number of hydrogen-bond acceptors (Lipinski definition) is 3. The first-order valence-electron chi connectivity index (χ1n) is 6.25. The standard InChI is InChI=1S/C15H16F2N2O2/c1-15(2,3)21-14(20)19-6-4-5-10-7-12(16)13(17)8-11(10)9-18/h4-5,7-8H,6H2,1-3H3,(H,19,20). The maximum Gasteiger partial charge on any atom is 0.407 e. The van der Waals surface area contributed by atoms with Crippen molar-refractivity contribution in [3.63, 3.8) is 0 Å². The van der Waals surface area contributed by atoms with Crippen molar-refractivity contribution in [1.29, 1.82) is 5.26 Å². The number of rotatable bonds is 3. The summed E-state index contributed by atoms with van der Waals surface area (Å²) >= 11 is 0. The Bertz CT molecular complexity index is 599. The average Bonchev–Trinajstić information content (AvgIpc) is 2.36. The Balaban J connectivity index is 2.65. The van der Waals surface area contributed by atoms with Crippen LogP contribution < -0.4 is 5.32 Å². The van der Waals surface area contributed by atoms with Gasteiger partial charge in [-0.25, -0.2) is 13.6 Å². The molecule has 0 heterocycles. The molecule has 0 fully saturated rings. The lowest BCUT2D eigenvalue weighted by Gasteiger charge is -2.19. The fourth-order valence-electron chi connectivity index (χ4n) is 1.44. The van der Waals surface area contributed by atoms with Crippen molar-refractivity contribution in [2.24, 2.45) is 0 Å². The average molecular weight is 294 g/mol. The molecule has 0 radical (unpaired) electrons. The van der Waals surface area contributed by atoms with Gasteiger partial charge in [0, 0.05) is 6.54 Å². The molecule has 0 unspecified atom stereocenters. The van der Waals surface area contributed by atoms with Gasteiger partial charge in [-0.1, -0.05) is 12.2 Å². The Morgan fingerprint density at radius 2 is 2.00 bits per heavy atom. The zero-order valence-electron chi connectivity index (χ0n) is 12.0. The fraction of sp³-hybridized carbons (Fsp3) is 0.333. The molecule has 0 aliphatic heterocycles. The van der Waals surface area contributed by atoms with E-state index in [1.165, 1.54) is 12.2 Å². The highest BCUT2D eigenvalue weighted by Gasteiger charge is 2.15. The van der Waals surface area contributed by atoms with Gasteiger partial charge in [0.05, 0.1) is 11.6 Å². The van der Waals surface area contributed by atoms with E-state index in [2.05, 4.69) is 5.32 Å². The lowest BCUT2D eigenvalue weighted by Crippen LogP contribution is -2.32. The van der Waals surface area contributed by atoms with Crippen LogP contribution >= 0.6 is 0 Å². The highest BCUT2D eigenvalue weighted by atomic mass is 19.2. The number of nitrogens with zero attached hydrogens (tertiary/aromatic N) is 1. The van der Waals surface area contributed by atoms with Crippen LogP contribution in [0.2, 0.25) is 0 Å². The van der Waals surface area contributed by atoms with E-state index in [4.69, 9.17) is 10.00 Å². The first-order chi connectivity index (χ1) is 9.73. The Hall–Kier alpha value is -2.42. The minimum absolute atomic E-state index is 0.0161. The highest BCUT2D eigenvalue weighted by molar-refractivity contribution is 5.68. The summed E-state index contributed by atoms with van der Waals surface area (Å²) in [5.74, 6) is -2.11. The molecule has 1 aromatic rings. The van der Waals surface area contributed by atoms with Crippen molar-refractivity contribution in [1.82, 2.24) is 5.32 Å². The van der Waals surface area contributed by atoms with E-state index in [1.54, 1.807) is 26.8 Å². The minimum Gasteiger partial charge on any atom is -0.444 e. The quantitative estimate of drug-likeness (QED) is 0.929. The van der Waals surface area contributed by atoms with Crippen LogP contribution in [0.4, 0.5) is 13.6 Å². The van der Waals surface area contributed by atoms with Crippen molar-refractivity contribution in [3.05, 3.63) is 41.0 Å². The number of alkyl carbamates (subject to hydrolysis) is 1. The van der Waals surface area contributed by atoms with Gasteiger partial charge in [0.2, 0.25) is 0 Å². The third-order valence-electron chi connectivity index (χ3n) is 2.27. The zero-order chi connectivity index (χ0) is 16.0. The summed E-state index contributed by atoms with van der Waals surface area (Å²) in [7, 11) is 0. The number of amides is 1. The second-order valence-corrected chi connectivity index (χ2v) is 5.25. The van der Waals surface area contributed by atoms with E-state index in [-0.39, 0.29) is 17.7 Å². The van der Waals surface area contributed by atoms with Crippen molar-refractivity contribution in [3.8, 4) is 6.07 Å². The van der Waals surface area contributed by atoms with Crippen LogP contribution in [0.25, 0.3) is 6.08 Å². The Morgan fingerprint density at radius 1 is 1.38 bits per heavy atom. The summed E-state index contributed by atoms with van der Waals surface area (Å²) in [6.07, 6.45) is 2.36. The minimum atomic E-state index is -1.07. The van der Waals surface area contributed by atoms with E-state index in [9.17, 15) is 13.6 Å². The van der Waals surface area contributed by atoms with Gasteiger partial charge >= 0.3 is 6.09 Å². The van der Waals surface area contributed by atoms with Crippen LogP contribution in [-0.4, -0.2) is 18.2 Å². The van der Waals surface area contributed by atoms with Crippen LogP contribution in [0.5, 0.6) is 0 Å². The summed E-state index contributed by atoms with van der Waals surface area (Å²) in [5, 5.41) is 11.3. The van der Waals surface area contributed by atoms with Gasteiger partial charge in [-0.3, -0.25) is 0 Å². The number of carbonyl (C=O) groups is 1. The van der Waals surface area contributed by atoms with Crippen LogP contribution in [0.15, 0.2) is 18.2 Å². The third-order valence-corrected chi connectivity index (χ3v) is 2.27. The second kappa shape index (κ2) is 6.84. The summed E-state index contributed by atoms with van der Waals surface area (Å²) in [6.45, 7) is 5.35. The predicted molar refractivity (Wildman–Crippen MR) is 74.3 cm³/mol. The second-order valence-electron chi connectivity index (χ2n) is 5.25. The van der Waals surface area contributed by atoms with E-state index < -0.39 is 23.3 Å². The van der Waals surface area contributed by atoms with Gasteiger partial charge in [-0.15, -0.1) is 0 Å². The Kier molecular flexibility index (Phi) is 5.42. The number of halogens is 2. The lowest BCUT2D eigenvalue weighted by atomic mass is 10.1. The van der Waals surface area contributed by atoms with Gasteiger partial charge < -0.3 is 10.1 Å². The topological polar surface area (TPSA) is 62.1 Å². The monoisotopic (exact) mass is 294 g/mol. The molecule has 0 bridgehead atoms. The molecular weight excluding hydrogens is 278 g/mol. The van der Waals surface area contributed by atoms with Crippen LogP contribution in [0.3, 0.4) is 0 Å². The van der Waals surface area contributed by atoms with Gasteiger partial charge in [0.15, 0.2) is 11.6 Å². The highest BCUT2D eigenvalue weighted by Crippen LogP contribution is 2.15. The molecule has 21 heavy (non-hydrogen) atoms. The molecule has 0 saturated carbocycles. The number of hydrogen-bond donors (Lipinski definition) is 1. The molecular formula is C15H16F2N2O2. The van der Waals surface area contributed by atoms with Gasteiger partial charge in [0.25, 0.3) is 0 Å². The molecule has 1 rings (SSSR count). The molecule has 0 aliphatic carbocycles. The maximum absolute atomic E-state index is 13.1. The summed E-state index contributed by atoms with van der Waals surface area (Å²) in [4.78, 5) is 11.4. The predicted octanol–water partition coefficient (Wildman–Crippen LogP) is 3.37. The molecule has 1 aromatic carbocycles. The molecule has 112 valence electrons. The zero-order valence-corrected chi connectivity index (χ0v) is 12.0. The van der Waals surface area contributed by atoms with Crippen molar-refractivity contribution in [2.75, 3.05) is 6.54 Å². The number of nitriles is 1. The smallest absolute Gasteiger partial charge is 0.407 e. The first-order valence-corrected chi connectivity index (χ1v) is 6.25. The van der Waals surface area contributed by atoms with Crippen molar-refractivity contribution < 1.29 is 18.3 Å². The van der Waals surface area contributed by atoms with Crippen LogP contribution in [0, 0.1) is 23.0 Å². The normalized spacial score (nSPS) is 11.2. The van der Waals surface area contributed by atoms with E-state index in [0.29, 0.717) is 0 Å². The molecule has 1 N–H and O–H groups in total. The summed E-state index contributed by atoms with van der Waals surface area (Å²) in [5.41, 5.74) is -0.341. The molecule has 6 heteroatoms. The molecule has 1 amide bonds.